The minimum absolute atomic E-state index is 0.0896. The molecule has 1 N–H and O–H groups in total. The summed E-state index contributed by atoms with van der Waals surface area (Å²) < 4.78 is 37.3. The van der Waals surface area contributed by atoms with Crippen LogP contribution in [0, 0.1) is 12.8 Å². The first-order valence-corrected chi connectivity index (χ1v) is 15.9. The van der Waals surface area contributed by atoms with Gasteiger partial charge in [0.1, 0.15) is 11.6 Å². The van der Waals surface area contributed by atoms with E-state index in [0.29, 0.717) is 67.1 Å². The Labute approximate surface area is 255 Å². The molecule has 0 radical (unpaired) electrons. The Bertz CT molecular complexity index is 1400. The number of nitrogens with one attached hydrogen (secondary N) is 1. The van der Waals surface area contributed by atoms with Crippen LogP contribution in [-0.4, -0.2) is 70.1 Å². The van der Waals surface area contributed by atoms with Gasteiger partial charge in [-0.1, -0.05) is 18.2 Å². The zero-order chi connectivity index (χ0) is 30.9. The second-order valence-corrected chi connectivity index (χ2v) is 13.0. The molecule has 2 saturated heterocycles. The lowest BCUT2D eigenvalue weighted by molar-refractivity contribution is -0.0876. The van der Waals surface area contributed by atoms with Crippen molar-refractivity contribution in [3.05, 3.63) is 52.8 Å². The smallest absolute Gasteiger partial charge is 0.276 e. The fourth-order valence-electron chi connectivity index (χ4n) is 6.77. The number of anilines is 1. The number of methoxy groups -OCH3 is 1. The minimum atomic E-state index is -2.88. The first-order chi connectivity index (χ1) is 20.5. The summed E-state index contributed by atoms with van der Waals surface area (Å²) in [5.41, 5.74) is 2.53. The topological polar surface area (TPSA) is 66.4 Å². The van der Waals surface area contributed by atoms with E-state index in [1.54, 1.807) is 25.3 Å². The van der Waals surface area contributed by atoms with Gasteiger partial charge in [-0.05, 0) is 117 Å². The molecule has 0 spiro atoms. The van der Waals surface area contributed by atoms with Gasteiger partial charge in [0.25, 0.3) is 5.92 Å². The SMILES string of the molecule is COc1nc2nc(C)nc(N[C@H](C)c3cccc(C(F)(F)C4CCN(C(C)C)CC4)c3)c2cc1C1CCN(C(C)C)CC1. The van der Waals surface area contributed by atoms with Gasteiger partial charge < -0.3 is 19.9 Å². The van der Waals surface area contributed by atoms with Gasteiger partial charge in [0.15, 0.2) is 5.65 Å². The maximum atomic E-state index is 15.8. The first kappa shape index (κ1) is 31.5. The molecule has 4 heterocycles. The molecule has 1 atom stereocenters. The molecule has 5 rings (SSSR count). The molecule has 43 heavy (non-hydrogen) atoms. The number of nitrogens with zero attached hydrogens (tertiary/aromatic N) is 5. The molecule has 234 valence electrons. The van der Waals surface area contributed by atoms with Crippen LogP contribution in [-0.2, 0) is 5.92 Å². The lowest BCUT2D eigenvalue weighted by Crippen LogP contribution is -2.42. The van der Waals surface area contributed by atoms with E-state index in [2.05, 4.69) is 53.9 Å². The Balaban J connectivity index is 1.39. The molecule has 0 bridgehead atoms. The fourth-order valence-corrected chi connectivity index (χ4v) is 6.77. The summed E-state index contributed by atoms with van der Waals surface area (Å²) >= 11 is 0. The van der Waals surface area contributed by atoms with Crippen molar-refractivity contribution in [2.75, 3.05) is 38.6 Å². The van der Waals surface area contributed by atoms with Crippen LogP contribution in [0.25, 0.3) is 11.0 Å². The van der Waals surface area contributed by atoms with Crippen LogP contribution in [0.3, 0.4) is 0 Å². The fraction of sp³-hybridized carbons (Fsp3) is 0.618. The van der Waals surface area contributed by atoms with E-state index in [-0.39, 0.29) is 11.6 Å². The molecular formula is C34H48F2N6O. The minimum Gasteiger partial charge on any atom is -0.481 e. The normalized spacial score (nSPS) is 19.0. The van der Waals surface area contributed by atoms with Gasteiger partial charge in [-0.3, -0.25) is 0 Å². The van der Waals surface area contributed by atoms with Crippen molar-refractivity contribution in [3.8, 4) is 5.88 Å². The van der Waals surface area contributed by atoms with Crippen molar-refractivity contribution >= 4 is 16.9 Å². The van der Waals surface area contributed by atoms with Crippen LogP contribution in [0.5, 0.6) is 5.88 Å². The van der Waals surface area contributed by atoms with Crippen molar-refractivity contribution in [1.29, 1.82) is 0 Å². The Morgan fingerprint density at radius 3 is 2.12 bits per heavy atom. The third kappa shape index (κ3) is 6.78. The van der Waals surface area contributed by atoms with Crippen molar-refractivity contribution in [3.63, 3.8) is 0 Å². The number of hydrogen-bond acceptors (Lipinski definition) is 7. The van der Waals surface area contributed by atoms with Crippen molar-refractivity contribution < 1.29 is 13.5 Å². The van der Waals surface area contributed by atoms with Gasteiger partial charge in [-0.15, -0.1) is 0 Å². The number of piperidine rings is 2. The van der Waals surface area contributed by atoms with E-state index in [1.807, 2.05) is 19.9 Å². The number of benzene rings is 1. The largest absolute Gasteiger partial charge is 0.481 e. The van der Waals surface area contributed by atoms with Crippen molar-refractivity contribution in [1.82, 2.24) is 24.8 Å². The summed E-state index contributed by atoms with van der Waals surface area (Å²) in [6.07, 6.45) is 3.08. The highest BCUT2D eigenvalue weighted by Gasteiger charge is 2.43. The van der Waals surface area contributed by atoms with E-state index in [1.165, 1.54) is 0 Å². The lowest BCUT2D eigenvalue weighted by Gasteiger charge is -2.38. The third-order valence-electron chi connectivity index (χ3n) is 9.58. The molecule has 0 amide bonds. The predicted octanol–water partition coefficient (Wildman–Crippen LogP) is 7.31. The average molecular weight is 595 g/mol. The number of likely N-dealkylation sites (tertiary alicyclic amines) is 2. The molecule has 2 fully saturated rings. The summed E-state index contributed by atoms with van der Waals surface area (Å²) in [6, 6.07) is 9.68. The summed E-state index contributed by atoms with van der Waals surface area (Å²) in [6.45, 7) is 16.1. The highest BCUT2D eigenvalue weighted by atomic mass is 19.3. The number of ether oxygens (including phenoxy) is 1. The molecule has 2 aliphatic rings. The Kier molecular flexibility index (Phi) is 9.52. The van der Waals surface area contributed by atoms with Gasteiger partial charge in [-0.25, -0.2) is 18.7 Å². The van der Waals surface area contributed by atoms with Crippen LogP contribution in [0.4, 0.5) is 14.6 Å². The monoisotopic (exact) mass is 594 g/mol. The molecule has 7 nitrogen and oxygen atoms in total. The van der Waals surface area contributed by atoms with Gasteiger partial charge in [0.2, 0.25) is 5.88 Å². The first-order valence-electron chi connectivity index (χ1n) is 15.9. The summed E-state index contributed by atoms with van der Waals surface area (Å²) in [5.74, 6) is -1.34. The molecule has 0 aliphatic carbocycles. The van der Waals surface area contributed by atoms with Crippen LogP contribution in [0.1, 0.15) is 94.8 Å². The average Bonchev–Trinajstić information content (AvgIpc) is 3.00. The highest BCUT2D eigenvalue weighted by Crippen LogP contribution is 2.43. The molecule has 2 aromatic heterocycles. The third-order valence-corrected chi connectivity index (χ3v) is 9.58. The number of alkyl halides is 2. The summed E-state index contributed by atoms with van der Waals surface area (Å²) in [5, 5.41) is 4.33. The van der Waals surface area contributed by atoms with Crippen LogP contribution in [0.2, 0.25) is 0 Å². The quantitative estimate of drug-likeness (QED) is 0.279. The predicted molar refractivity (Wildman–Crippen MR) is 169 cm³/mol. The molecular weight excluding hydrogens is 546 g/mol. The number of aryl methyl sites for hydroxylation is 1. The zero-order valence-corrected chi connectivity index (χ0v) is 26.8. The second-order valence-electron chi connectivity index (χ2n) is 13.0. The lowest BCUT2D eigenvalue weighted by atomic mass is 9.85. The maximum absolute atomic E-state index is 15.8. The number of halogens is 2. The van der Waals surface area contributed by atoms with Gasteiger partial charge >= 0.3 is 0 Å². The number of hydrogen-bond donors (Lipinski definition) is 1. The zero-order valence-electron chi connectivity index (χ0n) is 26.8. The van der Waals surface area contributed by atoms with Gasteiger partial charge in [-0.2, -0.15) is 4.98 Å². The van der Waals surface area contributed by atoms with E-state index >= 15 is 8.78 Å². The molecule has 9 heteroatoms. The van der Waals surface area contributed by atoms with E-state index < -0.39 is 11.8 Å². The maximum Gasteiger partial charge on any atom is 0.276 e. The van der Waals surface area contributed by atoms with E-state index in [9.17, 15) is 0 Å². The van der Waals surface area contributed by atoms with Gasteiger partial charge in [0.05, 0.1) is 12.5 Å². The number of pyridine rings is 1. The molecule has 0 unspecified atom stereocenters. The summed E-state index contributed by atoms with van der Waals surface area (Å²) in [7, 11) is 1.66. The molecule has 1 aromatic carbocycles. The van der Waals surface area contributed by atoms with Crippen molar-refractivity contribution in [2.24, 2.45) is 5.92 Å². The number of rotatable bonds is 9. The Morgan fingerprint density at radius 1 is 0.884 bits per heavy atom. The second kappa shape index (κ2) is 13.0. The van der Waals surface area contributed by atoms with Crippen LogP contribution in [0.15, 0.2) is 30.3 Å². The number of aromatic nitrogens is 3. The molecule has 0 saturated carbocycles. The highest BCUT2D eigenvalue weighted by molar-refractivity contribution is 5.88. The Hall–Kier alpha value is -2.91. The van der Waals surface area contributed by atoms with Crippen molar-refractivity contribution in [2.45, 2.75) is 97.2 Å². The van der Waals surface area contributed by atoms with E-state index in [4.69, 9.17) is 14.7 Å². The van der Waals surface area contributed by atoms with Crippen LogP contribution < -0.4 is 10.1 Å². The molecule has 2 aliphatic heterocycles. The van der Waals surface area contributed by atoms with Crippen LogP contribution >= 0.6 is 0 Å². The van der Waals surface area contributed by atoms with E-state index in [0.717, 1.165) is 42.4 Å². The number of fused-ring (bicyclic) bond motifs is 1. The van der Waals surface area contributed by atoms with Gasteiger partial charge in [0, 0.05) is 35.2 Å². The Morgan fingerprint density at radius 2 is 1.51 bits per heavy atom. The molecule has 3 aromatic rings. The summed E-state index contributed by atoms with van der Waals surface area (Å²) in [4.78, 5) is 19.0. The standard InChI is InChI=1S/C34H48F2N6O/c1-21(2)41-15-11-25(12-16-41)29-20-30-31(38-24(6)39-32(30)40-33(29)43-7)37-23(5)26-9-8-10-28(19-26)34(35,36)27-13-17-42(18-14-27)22(3)4/h8-10,19-23,25,27H,11-18H2,1-7H3,(H,37,38,39,40)/t23-/m1/s1.